The van der Waals surface area contributed by atoms with Gasteiger partial charge in [0.15, 0.2) is 0 Å². The van der Waals surface area contributed by atoms with Crippen molar-refractivity contribution in [3.05, 3.63) is 148 Å². The summed E-state index contributed by atoms with van der Waals surface area (Å²) >= 11 is 0. The Balaban J connectivity index is 1.42. The van der Waals surface area contributed by atoms with Crippen LogP contribution in [0.25, 0.3) is 27.5 Å². The molecule has 0 fully saturated rings. The van der Waals surface area contributed by atoms with Crippen LogP contribution in [0.2, 0.25) is 0 Å². The van der Waals surface area contributed by atoms with Crippen molar-refractivity contribution in [1.82, 2.24) is 0 Å². The molecular formula is C42H44. The van der Waals surface area contributed by atoms with E-state index in [1.807, 2.05) is 0 Å². The number of rotatable bonds is 8. The molecular weight excluding hydrogens is 504 g/mol. The van der Waals surface area contributed by atoms with E-state index in [2.05, 4.69) is 144 Å². The minimum absolute atomic E-state index is 0.128. The molecule has 0 nitrogen and oxygen atoms in total. The highest BCUT2D eigenvalue weighted by Crippen LogP contribution is 2.53. The topological polar surface area (TPSA) is 0 Å². The molecule has 2 unspecified atom stereocenters. The van der Waals surface area contributed by atoms with Gasteiger partial charge < -0.3 is 0 Å². The molecule has 0 bridgehead atoms. The maximum atomic E-state index is 2.46. The third kappa shape index (κ3) is 5.13. The molecule has 0 amide bonds. The highest BCUT2D eigenvalue weighted by Gasteiger charge is 2.39. The largest absolute Gasteiger partial charge is 0.0752 e. The predicted molar refractivity (Wildman–Crippen MR) is 183 cm³/mol. The van der Waals surface area contributed by atoms with Gasteiger partial charge >= 0.3 is 0 Å². The minimum Gasteiger partial charge on any atom is -0.0752 e. The van der Waals surface area contributed by atoms with E-state index >= 15 is 0 Å². The highest BCUT2D eigenvalue weighted by molar-refractivity contribution is 5.99. The van der Waals surface area contributed by atoms with Crippen molar-refractivity contribution < 1.29 is 0 Å². The maximum Gasteiger partial charge on any atom is 0.0216 e. The fourth-order valence-corrected chi connectivity index (χ4v) is 7.09. The molecule has 0 saturated carbocycles. The average Bonchev–Trinajstić information content (AvgIpc) is 3.00. The summed E-state index contributed by atoms with van der Waals surface area (Å²) in [5.74, 6) is 0.245. The maximum absolute atomic E-state index is 2.46. The van der Waals surface area contributed by atoms with Crippen LogP contribution in [0.4, 0.5) is 0 Å². The van der Waals surface area contributed by atoms with Gasteiger partial charge in [0.1, 0.15) is 0 Å². The molecule has 0 aromatic heterocycles. The molecule has 212 valence electrons. The Bertz CT molecular complexity index is 1750. The summed E-state index contributed by atoms with van der Waals surface area (Å²) in [4.78, 5) is 0. The number of aryl methyl sites for hydroxylation is 4. The lowest BCUT2D eigenvalue weighted by molar-refractivity contribution is 0.464. The smallest absolute Gasteiger partial charge is 0.0216 e. The lowest BCUT2D eigenvalue weighted by atomic mass is 9.62. The minimum atomic E-state index is -0.128. The highest BCUT2D eigenvalue weighted by atomic mass is 14.4. The van der Waals surface area contributed by atoms with Gasteiger partial charge in [-0.15, -0.1) is 0 Å². The summed E-state index contributed by atoms with van der Waals surface area (Å²) in [6.07, 6.45) is 20.4. The lowest BCUT2D eigenvalue weighted by Crippen LogP contribution is -2.28. The van der Waals surface area contributed by atoms with Gasteiger partial charge in [0.05, 0.1) is 0 Å². The first-order valence-corrected chi connectivity index (χ1v) is 15.9. The first kappa shape index (κ1) is 28.2. The summed E-state index contributed by atoms with van der Waals surface area (Å²) in [6, 6.07) is 27.8. The second-order valence-electron chi connectivity index (χ2n) is 12.7. The molecule has 6 rings (SSSR count). The molecule has 0 spiro atoms. The van der Waals surface area contributed by atoms with Gasteiger partial charge in [-0.1, -0.05) is 142 Å². The van der Waals surface area contributed by atoms with Gasteiger partial charge in [-0.25, -0.2) is 0 Å². The number of fused-ring (bicyclic) bond motifs is 2. The van der Waals surface area contributed by atoms with E-state index in [-0.39, 0.29) is 11.3 Å². The van der Waals surface area contributed by atoms with Crippen molar-refractivity contribution >= 4 is 16.3 Å². The number of allylic oxidation sites excluding steroid dienone is 8. The van der Waals surface area contributed by atoms with Crippen LogP contribution in [-0.2, 0) is 6.42 Å². The zero-order valence-electron chi connectivity index (χ0n) is 26.0. The summed E-state index contributed by atoms with van der Waals surface area (Å²) in [7, 11) is 0. The van der Waals surface area contributed by atoms with Crippen molar-refractivity contribution in [2.75, 3.05) is 0 Å². The molecule has 0 aliphatic heterocycles. The van der Waals surface area contributed by atoms with Crippen molar-refractivity contribution in [1.29, 1.82) is 0 Å². The van der Waals surface area contributed by atoms with E-state index in [1.54, 1.807) is 0 Å². The van der Waals surface area contributed by atoms with Crippen molar-refractivity contribution in [2.24, 2.45) is 5.41 Å². The van der Waals surface area contributed by atoms with E-state index in [0.717, 1.165) is 0 Å². The third-order valence-electron chi connectivity index (χ3n) is 9.86. The van der Waals surface area contributed by atoms with Gasteiger partial charge in [-0.3, -0.25) is 0 Å². The Labute approximate surface area is 253 Å². The van der Waals surface area contributed by atoms with Crippen molar-refractivity contribution in [3.63, 3.8) is 0 Å². The van der Waals surface area contributed by atoms with Crippen LogP contribution in [-0.4, -0.2) is 0 Å². The number of hydrogen-bond acceptors (Lipinski definition) is 0. The predicted octanol–water partition coefficient (Wildman–Crippen LogP) is 11.8. The number of unbranched alkanes of at least 4 members (excludes halogenated alkanes) is 3. The molecule has 4 aromatic carbocycles. The van der Waals surface area contributed by atoms with Crippen LogP contribution in [0.5, 0.6) is 0 Å². The molecule has 42 heavy (non-hydrogen) atoms. The standard InChI is InChI=1S/C42H44/c1-6-7-8-9-14-32-28-34(21-19-30(32)3)35-22-23-39(38-16-11-10-15-37(35)38)41-25-24-36(33-20-18-29(2)31(4)27-33)40-17-12-13-26-42(40,41)5/h10-13,15-28,41H,6-9,14H2,1-5H3. The van der Waals surface area contributed by atoms with E-state index in [9.17, 15) is 0 Å². The van der Waals surface area contributed by atoms with Crippen LogP contribution >= 0.6 is 0 Å². The Kier molecular flexibility index (Phi) is 7.91. The Morgan fingerprint density at radius 2 is 1.48 bits per heavy atom. The van der Waals surface area contributed by atoms with Gasteiger partial charge in [0, 0.05) is 11.3 Å². The van der Waals surface area contributed by atoms with E-state index in [1.165, 1.54) is 98.5 Å². The van der Waals surface area contributed by atoms with Gasteiger partial charge in [-0.05, 0) is 100 Å². The van der Waals surface area contributed by atoms with Crippen LogP contribution in [0.15, 0.2) is 115 Å². The molecule has 0 heteroatoms. The second kappa shape index (κ2) is 11.8. The second-order valence-corrected chi connectivity index (χ2v) is 12.7. The normalized spacial score (nSPS) is 19.5. The zero-order valence-corrected chi connectivity index (χ0v) is 26.0. The first-order chi connectivity index (χ1) is 20.4. The lowest BCUT2D eigenvalue weighted by Gasteiger charge is -2.41. The van der Waals surface area contributed by atoms with Crippen molar-refractivity contribution in [2.45, 2.75) is 72.6 Å². The molecule has 0 N–H and O–H groups in total. The number of hydrogen-bond donors (Lipinski definition) is 0. The number of benzene rings is 4. The summed E-state index contributed by atoms with van der Waals surface area (Å²) < 4.78 is 0. The average molecular weight is 549 g/mol. The molecule has 2 atom stereocenters. The van der Waals surface area contributed by atoms with Gasteiger partial charge in [-0.2, -0.15) is 0 Å². The molecule has 0 radical (unpaired) electrons. The van der Waals surface area contributed by atoms with E-state index in [0.29, 0.717) is 0 Å². The fraction of sp³-hybridized carbons (Fsp3) is 0.286. The van der Waals surface area contributed by atoms with Gasteiger partial charge in [0.2, 0.25) is 0 Å². The van der Waals surface area contributed by atoms with Crippen molar-refractivity contribution in [3.8, 4) is 11.1 Å². The zero-order chi connectivity index (χ0) is 29.3. The quantitative estimate of drug-likeness (QED) is 0.192. The van der Waals surface area contributed by atoms with E-state index < -0.39 is 0 Å². The summed E-state index contributed by atoms with van der Waals surface area (Å²) in [5, 5.41) is 2.70. The van der Waals surface area contributed by atoms with Crippen LogP contribution < -0.4 is 0 Å². The van der Waals surface area contributed by atoms with Crippen LogP contribution in [0, 0.1) is 26.2 Å². The molecule has 2 aliphatic rings. The Morgan fingerprint density at radius 3 is 2.29 bits per heavy atom. The monoisotopic (exact) mass is 548 g/mol. The van der Waals surface area contributed by atoms with Crippen LogP contribution in [0.1, 0.15) is 78.8 Å². The Morgan fingerprint density at radius 1 is 0.690 bits per heavy atom. The molecule has 0 heterocycles. The fourth-order valence-electron chi connectivity index (χ4n) is 7.09. The summed E-state index contributed by atoms with van der Waals surface area (Å²) in [5.41, 5.74) is 13.6. The molecule has 2 aliphatic carbocycles. The SMILES string of the molecule is CCCCCCc1cc(-c2ccc(C3C=CC(c4ccc(C)c(C)c4)=C4C=CC=CC43C)c3ccccc23)ccc1C. The third-order valence-corrected chi connectivity index (χ3v) is 9.86. The molecule has 4 aromatic rings. The van der Waals surface area contributed by atoms with Crippen LogP contribution in [0.3, 0.4) is 0 Å². The Hall–Kier alpha value is -3.90. The van der Waals surface area contributed by atoms with E-state index in [4.69, 9.17) is 0 Å². The molecule has 0 saturated heterocycles. The summed E-state index contributed by atoms with van der Waals surface area (Å²) in [6.45, 7) is 11.4. The van der Waals surface area contributed by atoms with Gasteiger partial charge in [0.25, 0.3) is 0 Å². The first-order valence-electron chi connectivity index (χ1n) is 15.9.